The molecule has 0 saturated carbocycles. The third kappa shape index (κ3) is 10.9. The first-order valence-corrected chi connectivity index (χ1v) is 26.0. The monoisotopic (exact) mass is 1020 g/mol. The zero-order chi connectivity index (χ0) is 51.7. The molecule has 3 aliphatic rings. The van der Waals surface area contributed by atoms with Crippen LogP contribution >= 0.6 is 11.3 Å². The van der Waals surface area contributed by atoms with Crippen LogP contribution < -0.4 is 25.6 Å². The first kappa shape index (κ1) is 50.0. The molecule has 2 saturated heterocycles. The number of nitrogens with one attached hydrogen (secondary N) is 3. The fourth-order valence-electron chi connectivity index (χ4n) is 10.2. The SMILES string of the molecule is Cc1c(OCCCN2CCN(CC(=O)Nc3cccc4c(C5CCC(=O)NC5=O)nn(C)c34)CC2)cccc1-c1ccc(N2CCc3cccc(C(=O)Nc4nc5ccccc5s4)c3C2)nc1C(=O)OC(C)(C)C. The Labute approximate surface area is 433 Å². The van der Waals surface area contributed by atoms with Crippen molar-refractivity contribution in [3.05, 3.63) is 125 Å². The van der Waals surface area contributed by atoms with Crippen LogP contribution in [0.1, 0.15) is 89.2 Å². The van der Waals surface area contributed by atoms with Crippen molar-refractivity contribution in [2.45, 2.75) is 71.4 Å². The summed E-state index contributed by atoms with van der Waals surface area (Å²) in [6.45, 7) is 13.3. The first-order chi connectivity index (χ1) is 35.7. The molecule has 0 bridgehead atoms. The molecule has 3 aliphatic heterocycles. The van der Waals surface area contributed by atoms with E-state index in [1.54, 1.807) is 11.7 Å². The van der Waals surface area contributed by atoms with Crippen LogP contribution in [-0.2, 0) is 39.1 Å². The molecule has 3 N–H and O–H groups in total. The average molecular weight is 1020 g/mol. The lowest BCUT2D eigenvalue weighted by Crippen LogP contribution is -2.48. The molecule has 1 atom stereocenters. The van der Waals surface area contributed by atoms with E-state index in [1.165, 1.54) is 11.3 Å². The lowest BCUT2D eigenvalue weighted by atomic mass is 9.92. The number of carbonyl (C=O) groups excluding carboxylic acids is 5. The Morgan fingerprint density at radius 1 is 0.838 bits per heavy atom. The van der Waals surface area contributed by atoms with E-state index in [4.69, 9.17) is 14.5 Å². The number of esters is 1. The van der Waals surface area contributed by atoms with E-state index >= 15 is 0 Å². The maximum Gasteiger partial charge on any atom is 0.358 e. The molecule has 74 heavy (non-hydrogen) atoms. The predicted molar refractivity (Wildman–Crippen MR) is 286 cm³/mol. The standard InChI is InChI=1S/C56H60N10O7S/c1-34-36(37-20-22-46(59-50(37)54(71)73-56(2,3)4)66-26-24-35-12-8-14-38(41(35)32-66)52(69)61-55-58-42-16-6-7-19-45(42)74-55)13-10-18-44(34)72-31-11-25-64-27-29-65(30-28-64)33-48(68)57-43-17-9-15-39-49(62-63(5)51(39)43)40-21-23-47(67)60-53(40)70/h6-10,12-20,22,40H,11,21,23-33H2,1-5H3,(H,57,68)(H,58,61,69)(H,60,67,70). The minimum atomic E-state index is -0.756. The quantitative estimate of drug-likeness (QED) is 0.0542. The number of ether oxygens (including phenoxy) is 2. The molecular formula is C56H60N10O7S. The summed E-state index contributed by atoms with van der Waals surface area (Å²) >= 11 is 1.44. The summed E-state index contributed by atoms with van der Waals surface area (Å²) in [7, 11) is 1.79. The van der Waals surface area contributed by atoms with Gasteiger partial charge in [0.2, 0.25) is 17.7 Å². The molecule has 0 spiro atoms. The second-order valence-electron chi connectivity index (χ2n) is 20.1. The Bertz CT molecular complexity index is 3280. The summed E-state index contributed by atoms with van der Waals surface area (Å²) in [6, 6.07) is 28.9. The number of para-hydroxylation sites is 2. The molecule has 4 amide bonds. The largest absolute Gasteiger partial charge is 0.493 e. The molecule has 1 unspecified atom stereocenters. The number of rotatable bonds is 14. The zero-order valence-corrected chi connectivity index (χ0v) is 43.1. The van der Waals surface area contributed by atoms with Crippen LogP contribution in [-0.4, -0.2) is 117 Å². The molecule has 4 aromatic carbocycles. The third-order valence-electron chi connectivity index (χ3n) is 13.8. The highest BCUT2D eigenvalue weighted by Gasteiger charge is 2.33. The van der Waals surface area contributed by atoms with Gasteiger partial charge in [-0.05, 0) is 112 Å². The third-order valence-corrected chi connectivity index (χ3v) is 14.8. The smallest absolute Gasteiger partial charge is 0.358 e. The molecule has 17 nitrogen and oxygen atoms in total. The topological polar surface area (TPSA) is 193 Å². The average Bonchev–Trinajstić information content (AvgIpc) is 3.95. The number of nitrogens with zero attached hydrogens (tertiary/aromatic N) is 7. The Morgan fingerprint density at radius 3 is 2.42 bits per heavy atom. The Morgan fingerprint density at radius 2 is 1.62 bits per heavy atom. The predicted octanol–water partition coefficient (Wildman–Crippen LogP) is 7.87. The number of hydrogen-bond donors (Lipinski definition) is 3. The van der Waals surface area contributed by atoms with Gasteiger partial charge in [0.15, 0.2) is 10.8 Å². The summed E-state index contributed by atoms with van der Waals surface area (Å²) in [5.74, 6) is -0.704. The Kier molecular flexibility index (Phi) is 14.3. The van der Waals surface area contributed by atoms with E-state index in [1.807, 2.05) is 113 Å². The lowest BCUT2D eigenvalue weighted by molar-refractivity contribution is -0.134. The van der Waals surface area contributed by atoms with Gasteiger partial charge in [0.1, 0.15) is 17.2 Å². The molecule has 382 valence electrons. The molecule has 0 aliphatic carbocycles. The van der Waals surface area contributed by atoms with Gasteiger partial charge in [-0.2, -0.15) is 5.10 Å². The molecule has 2 fully saturated rings. The van der Waals surface area contributed by atoms with Gasteiger partial charge in [0.25, 0.3) is 5.91 Å². The molecule has 6 heterocycles. The molecule has 10 rings (SSSR count). The molecule has 3 aromatic heterocycles. The van der Waals surface area contributed by atoms with Crippen molar-refractivity contribution in [1.82, 2.24) is 34.9 Å². The van der Waals surface area contributed by atoms with E-state index in [-0.39, 0.29) is 42.3 Å². The number of anilines is 3. The van der Waals surface area contributed by atoms with Crippen LogP contribution in [0.25, 0.3) is 32.2 Å². The second-order valence-corrected chi connectivity index (χ2v) is 21.2. The summed E-state index contributed by atoms with van der Waals surface area (Å²) in [4.78, 5) is 81.9. The van der Waals surface area contributed by atoms with Crippen LogP contribution in [0.2, 0.25) is 0 Å². The number of hydrogen-bond acceptors (Lipinski definition) is 14. The van der Waals surface area contributed by atoms with E-state index in [0.717, 1.165) is 88.3 Å². The molecular weight excluding hydrogens is 957 g/mol. The number of aromatic nitrogens is 4. The van der Waals surface area contributed by atoms with Crippen molar-refractivity contribution in [2.75, 3.05) is 68.0 Å². The van der Waals surface area contributed by atoms with Gasteiger partial charge in [-0.1, -0.05) is 59.9 Å². The summed E-state index contributed by atoms with van der Waals surface area (Å²) in [5, 5.41) is 14.5. The van der Waals surface area contributed by atoms with Crippen LogP contribution in [0.15, 0.2) is 91.0 Å². The van der Waals surface area contributed by atoms with Gasteiger partial charge in [-0.15, -0.1) is 0 Å². The van der Waals surface area contributed by atoms with Gasteiger partial charge in [-0.25, -0.2) is 14.8 Å². The highest BCUT2D eigenvalue weighted by atomic mass is 32.1. The number of fused-ring (bicyclic) bond motifs is 3. The van der Waals surface area contributed by atoms with Crippen molar-refractivity contribution < 1.29 is 33.4 Å². The number of thiazole rings is 1. The van der Waals surface area contributed by atoms with Crippen molar-refractivity contribution in [2.24, 2.45) is 7.05 Å². The van der Waals surface area contributed by atoms with E-state index in [2.05, 4.69) is 46.8 Å². The van der Waals surface area contributed by atoms with Crippen molar-refractivity contribution in [3.8, 4) is 16.9 Å². The number of imide groups is 1. The minimum absolute atomic E-state index is 0.127. The van der Waals surface area contributed by atoms with Gasteiger partial charge in [-0.3, -0.25) is 39.4 Å². The van der Waals surface area contributed by atoms with Crippen molar-refractivity contribution in [3.63, 3.8) is 0 Å². The minimum Gasteiger partial charge on any atom is -0.493 e. The van der Waals surface area contributed by atoms with Crippen LogP contribution in [0.3, 0.4) is 0 Å². The number of aryl methyl sites for hydroxylation is 1. The van der Waals surface area contributed by atoms with Crippen LogP contribution in [0, 0.1) is 6.92 Å². The zero-order valence-electron chi connectivity index (χ0n) is 42.3. The lowest BCUT2D eigenvalue weighted by Gasteiger charge is -2.34. The van der Waals surface area contributed by atoms with Crippen molar-refractivity contribution >= 4 is 78.7 Å². The Hall–Kier alpha value is -7.54. The summed E-state index contributed by atoms with van der Waals surface area (Å²) in [6.07, 6.45) is 2.14. The molecule has 0 radical (unpaired) electrons. The van der Waals surface area contributed by atoms with Crippen LogP contribution in [0.4, 0.5) is 16.6 Å². The van der Waals surface area contributed by atoms with Gasteiger partial charge in [0, 0.05) is 75.8 Å². The fraction of sp³-hybridized carbons (Fsp3) is 0.357. The van der Waals surface area contributed by atoms with Gasteiger partial charge in [0.05, 0.1) is 46.2 Å². The van der Waals surface area contributed by atoms with E-state index < -0.39 is 17.5 Å². The van der Waals surface area contributed by atoms with Gasteiger partial charge >= 0.3 is 5.97 Å². The Balaban J connectivity index is 0.750. The summed E-state index contributed by atoms with van der Waals surface area (Å²) in [5.41, 5.74) is 7.15. The van der Waals surface area contributed by atoms with Gasteiger partial charge < -0.3 is 24.6 Å². The number of pyridine rings is 1. The number of benzene rings is 4. The van der Waals surface area contributed by atoms with Crippen LogP contribution in [0.5, 0.6) is 5.75 Å². The molecule has 18 heteroatoms. The number of piperazine rings is 1. The molecule has 7 aromatic rings. The number of amides is 4. The van der Waals surface area contributed by atoms with E-state index in [9.17, 15) is 24.0 Å². The fourth-order valence-corrected chi connectivity index (χ4v) is 11.0. The summed E-state index contributed by atoms with van der Waals surface area (Å²) < 4.78 is 15.1. The maximum atomic E-state index is 14.1. The maximum absolute atomic E-state index is 14.1. The number of piperidine rings is 1. The van der Waals surface area contributed by atoms with Crippen molar-refractivity contribution in [1.29, 1.82) is 0 Å². The highest BCUT2D eigenvalue weighted by molar-refractivity contribution is 7.22. The second kappa shape index (κ2) is 21.1. The normalized spacial score (nSPS) is 16.5. The number of carbonyl (C=O) groups is 5. The highest BCUT2D eigenvalue weighted by Crippen LogP contribution is 2.37. The first-order valence-electron chi connectivity index (χ1n) is 25.2. The van der Waals surface area contributed by atoms with E-state index in [0.29, 0.717) is 66.0 Å².